The summed E-state index contributed by atoms with van der Waals surface area (Å²) in [5, 5.41) is 27.6. The summed E-state index contributed by atoms with van der Waals surface area (Å²) in [6, 6.07) is 57.3. The Balaban J connectivity index is 1.30. The number of nitrogens with zero attached hydrogens (tertiary/aromatic N) is 4. The normalized spacial score (nSPS) is 15.0. The third-order valence-electron chi connectivity index (χ3n) is 13.7. The molecule has 70 heavy (non-hydrogen) atoms. The van der Waals surface area contributed by atoms with Gasteiger partial charge in [-0.1, -0.05) is 164 Å². The minimum atomic E-state index is -4.84. The Morgan fingerprint density at radius 2 is 0.900 bits per heavy atom. The van der Waals surface area contributed by atoms with Crippen LogP contribution in [0, 0.1) is 22.7 Å². The van der Waals surface area contributed by atoms with Crippen LogP contribution in [0.5, 0.6) is 0 Å². The molecule has 0 fully saturated rings. The number of fused-ring (bicyclic) bond motifs is 6. The fourth-order valence-electron chi connectivity index (χ4n) is 10.4. The van der Waals surface area contributed by atoms with Crippen LogP contribution in [-0.4, -0.2) is 9.13 Å². The average molecular weight is 909 g/mol. The van der Waals surface area contributed by atoms with Gasteiger partial charge in [-0.05, 0) is 105 Å². The molecule has 12 rings (SSSR count). The molecule has 0 aliphatic heterocycles. The molecule has 0 saturated heterocycles. The van der Waals surface area contributed by atoms with E-state index in [0.717, 1.165) is 106 Å². The number of aromatic nitrogens is 2. The van der Waals surface area contributed by atoms with Crippen LogP contribution in [0.3, 0.4) is 0 Å². The van der Waals surface area contributed by atoms with Crippen molar-refractivity contribution in [3.05, 3.63) is 240 Å². The van der Waals surface area contributed by atoms with Crippen molar-refractivity contribution in [3.8, 4) is 56.9 Å². The number of hydrogen-bond acceptors (Lipinski definition) is 2. The van der Waals surface area contributed by atoms with Crippen molar-refractivity contribution in [2.75, 3.05) is 0 Å². The fourth-order valence-corrected chi connectivity index (χ4v) is 10.4. The largest absolute Gasteiger partial charge is 0.417 e. The van der Waals surface area contributed by atoms with Crippen LogP contribution in [0.25, 0.3) is 99.5 Å². The van der Waals surface area contributed by atoms with Crippen molar-refractivity contribution >= 4 is 54.8 Å². The van der Waals surface area contributed by atoms with Crippen LogP contribution in [0.1, 0.15) is 29.5 Å². The quantitative estimate of drug-likeness (QED) is 0.173. The molecule has 8 aromatic carbocycles. The number of alkyl halides is 3. The molecule has 0 saturated carbocycles. The van der Waals surface area contributed by atoms with Gasteiger partial charge in [-0.25, -0.2) is 0 Å². The van der Waals surface area contributed by atoms with Crippen LogP contribution in [-0.2, 0) is 6.18 Å². The lowest BCUT2D eigenvalue weighted by atomic mass is 9.90. The molecule has 7 heteroatoms. The lowest BCUT2D eigenvalue weighted by molar-refractivity contribution is -0.137. The minimum absolute atomic E-state index is 0.00751. The van der Waals surface area contributed by atoms with Crippen molar-refractivity contribution in [1.82, 2.24) is 9.13 Å². The molecule has 0 spiro atoms. The first-order valence-corrected chi connectivity index (χ1v) is 23.1. The summed E-state index contributed by atoms with van der Waals surface area (Å²) in [7, 11) is 0. The highest BCUT2D eigenvalue weighted by atomic mass is 19.4. The third kappa shape index (κ3) is 7.07. The van der Waals surface area contributed by atoms with E-state index < -0.39 is 11.7 Å². The van der Waals surface area contributed by atoms with E-state index in [2.05, 4.69) is 137 Å². The van der Waals surface area contributed by atoms with E-state index in [0.29, 0.717) is 11.4 Å². The van der Waals surface area contributed by atoms with Gasteiger partial charge in [0.25, 0.3) is 0 Å². The van der Waals surface area contributed by atoms with Gasteiger partial charge in [-0.3, -0.25) is 0 Å². The first kappa shape index (κ1) is 42.2. The summed E-state index contributed by atoms with van der Waals surface area (Å²) in [6.45, 7) is 0. The first-order valence-electron chi connectivity index (χ1n) is 23.1. The van der Waals surface area contributed by atoms with Crippen molar-refractivity contribution in [3.63, 3.8) is 0 Å². The van der Waals surface area contributed by atoms with Crippen LogP contribution < -0.4 is 10.4 Å². The Labute approximate surface area is 401 Å². The maximum atomic E-state index is 15.3. The van der Waals surface area contributed by atoms with E-state index >= 15 is 13.2 Å². The van der Waals surface area contributed by atoms with Gasteiger partial charge >= 0.3 is 6.18 Å². The van der Waals surface area contributed by atoms with Gasteiger partial charge in [0.2, 0.25) is 0 Å². The van der Waals surface area contributed by atoms with Crippen molar-refractivity contribution in [2.24, 2.45) is 0 Å². The highest BCUT2D eigenvalue weighted by Crippen LogP contribution is 2.45. The van der Waals surface area contributed by atoms with Crippen molar-refractivity contribution < 1.29 is 13.2 Å². The van der Waals surface area contributed by atoms with E-state index in [1.807, 2.05) is 66.8 Å². The summed E-state index contributed by atoms with van der Waals surface area (Å²) in [4.78, 5) is 0. The standard InChI is InChI=1S/C63H39F3N4/c64-63(65,66)55-23-13-22-48(38-67)62(55)54-37-61(70-58-34-46(42-18-9-3-10-19-42)26-30-52(58)53-31-27-47(35-59(53)70)43-20-11-4-12-21-43)60(36-49(54)39-68)69-56-32-44(40-14-5-1-6-15-40)24-28-50(56)51-29-25-45(33-57(51)69)41-16-7-2-8-17-41/h1-18,20,22-37H,19,21H2. The SMILES string of the molecule is N#Cc1cc(-n2c3cc(-c4ccccc4)ccc3c3ccc(-c4ccccc4)cc32)c(-n2c3cc(=C4C=CC=CC4)ccc3c3ccc(=C4C=CC=CC4)cc32)cc1-c1c(C#N)cccc1C(F)(F)F. The van der Waals surface area contributed by atoms with Crippen LogP contribution >= 0.6 is 0 Å². The number of halogens is 3. The fraction of sp³-hybridized carbons (Fsp3) is 0.0476. The van der Waals surface area contributed by atoms with E-state index in [1.165, 1.54) is 12.1 Å². The van der Waals surface area contributed by atoms with E-state index in [-0.39, 0.29) is 22.3 Å². The first-order chi connectivity index (χ1) is 34.3. The summed E-state index contributed by atoms with van der Waals surface area (Å²) in [5.41, 5.74) is 9.19. The van der Waals surface area contributed by atoms with Crippen LogP contribution in [0.4, 0.5) is 13.2 Å². The monoisotopic (exact) mass is 908 g/mol. The summed E-state index contributed by atoms with van der Waals surface area (Å²) in [5.74, 6) is 0. The van der Waals surface area contributed by atoms with Gasteiger partial charge in [0.05, 0.1) is 62.3 Å². The number of nitriles is 2. The molecule has 332 valence electrons. The third-order valence-corrected chi connectivity index (χ3v) is 13.7. The van der Waals surface area contributed by atoms with E-state index in [1.54, 1.807) is 12.1 Å². The molecule has 2 heterocycles. The molecule has 0 N–H and O–H groups in total. The molecule has 10 aromatic rings. The Morgan fingerprint density at radius 3 is 1.36 bits per heavy atom. The molecule has 4 nitrogen and oxygen atoms in total. The van der Waals surface area contributed by atoms with Gasteiger partial charge in [-0.15, -0.1) is 0 Å². The zero-order valence-electron chi connectivity index (χ0n) is 37.5. The second-order valence-corrected chi connectivity index (χ2v) is 17.7. The molecule has 0 radical (unpaired) electrons. The molecule has 0 atom stereocenters. The predicted molar refractivity (Wildman–Crippen MR) is 278 cm³/mol. The molecule has 0 unspecified atom stereocenters. The van der Waals surface area contributed by atoms with Crippen molar-refractivity contribution in [2.45, 2.75) is 19.0 Å². The van der Waals surface area contributed by atoms with E-state index in [9.17, 15) is 10.5 Å². The van der Waals surface area contributed by atoms with E-state index in [4.69, 9.17) is 0 Å². The topological polar surface area (TPSA) is 57.4 Å². The lowest BCUT2D eigenvalue weighted by Crippen LogP contribution is -2.11. The Morgan fingerprint density at radius 1 is 0.429 bits per heavy atom. The number of rotatable bonds is 5. The second-order valence-electron chi connectivity index (χ2n) is 17.7. The van der Waals surface area contributed by atoms with Crippen LogP contribution in [0.15, 0.2) is 212 Å². The molecule has 2 aliphatic carbocycles. The minimum Gasteiger partial charge on any atom is -0.307 e. The maximum absolute atomic E-state index is 15.3. The zero-order valence-corrected chi connectivity index (χ0v) is 37.5. The molecule has 0 bridgehead atoms. The Kier molecular flexibility index (Phi) is 10.2. The Hall–Kier alpha value is -9.17. The summed E-state index contributed by atoms with van der Waals surface area (Å²) in [6.07, 6.45) is 13.2. The predicted octanol–water partition coefficient (Wildman–Crippen LogP) is 15.0. The number of allylic oxidation sites excluding steroid dienone is 8. The van der Waals surface area contributed by atoms with Gasteiger partial charge < -0.3 is 9.13 Å². The van der Waals surface area contributed by atoms with Crippen molar-refractivity contribution in [1.29, 1.82) is 10.5 Å². The number of benzene rings is 8. The summed E-state index contributed by atoms with van der Waals surface area (Å²) >= 11 is 0. The molecule has 0 amide bonds. The van der Waals surface area contributed by atoms with Gasteiger partial charge in [-0.2, -0.15) is 23.7 Å². The lowest BCUT2D eigenvalue weighted by Gasteiger charge is -2.21. The molecular formula is C63H39F3N4. The summed E-state index contributed by atoms with van der Waals surface area (Å²) < 4.78 is 50.2. The van der Waals surface area contributed by atoms with Crippen LogP contribution in [0.2, 0.25) is 0 Å². The zero-order chi connectivity index (χ0) is 47.5. The molecular weight excluding hydrogens is 870 g/mol. The maximum Gasteiger partial charge on any atom is 0.417 e. The Bertz CT molecular complexity index is 3970. The average Bonchev–Trinajstić information content (AvgIpc) is 3.92. The second kappa shape index (κ2) is 16.9. The molecule has 2 aromatic heterocycles. The number of hydrogen-bond donors (Lipinski definition) is 0. The van der Waals surface area contributed by atoms with Gasteiger partial charge in [0.1, 0.15) is 0 Å². The molecule has 2 aliphatic rings. The highest BCUT2D eigenvalue weighted by Gasteiger charge is 2.36. The van der Waals surface area contributed by atoms with Gasteiger partial charge in [0.15, 0.2) is 0 Å². The highest BCUT2D eigenvalue weighted by molar-refractivity contribution is 6.13. The smallest absolute Gasteiger partial charge is 0.307 e. The van der Waals surface area contributed by atoms with Gasteiger partial charge in [0, 0.05) is 32.7 Å².